The Hall–Kier alpha value is -3.86. The van der Waals surface area contributed by atoms with Crippen molar-refractivity contribution in [2.24, 2.45) is 0 Å². The maximum Gasteiger partial charge on any atom is 0.573 e. The van der Waals surface area contributed by atoms with Crippen molar-refractivity contribution >= 4 is 16.6 Å². The number of benzene rings is 4. The molecule has 31 heavy (non-hydrogen) atoms. The zero-order valence-electron chi connectivity index (χ0n) is 16.3. The van der Waals surface area contributed by atoms with E-state index in [0.717, 1.165) is 33.0 Å². The van der Waals surface area contributed by atoms with E-state index >= 15 is 0 Å². The monoisotopic (exact) mass is 418 g/mol. The third-order valence-corrected chi connectivity index (χ3v) is 4.95. The van der Waals surface area contributed by atoms with Crippen LogP contribution in [-0.2, 0) is 0 Å². The van der Waals surface area contributed by atoms with Crippen LogP contribution in [0.15, 0.2) is 97.6 Å². The quantitative estimate of drug-likeness (QED) is 0.249. The Morgan fingerprint density at radius 3 is 1.77 bits per heavy atom. The van der Waals surface area contributed by atoms with Crippen molar-refractivity contribution in [3.05, 3.63) is 103 Å². The van der Waals surface area contributed by atoms with Crippen LogP contribution in [0.25, 0.3) is 33.0 Å². The SMILES string of the molecule is C=CC(=O)c1ccc2cc(-c3ccc(-c4ccc(OC(F)(F)F)cc4)cc3)ccc2c1. The fraction of sp³-hybridized carbons (Fsp3) is 0.0385. The molecule has 4 aromatic rings. The van der Waals surface area contributed by atoms with Gasteiger partial charge in [0.1, 0.15) is 5.75 Å². The minimum atomic E-state index is -4.70. The molecule has 0 saturated carbocycles. The van der Waals surface area contributed by atoms with E-state index in [4.69, 9.17) is 0 Å². The Kier molecular flexibility index (Phi) is 5.34. The van der Waals surface area contributed by atoms with Gasteiger partial charge in [-0.2, -0.15) is 0 Å². The fourth-order valence-corrected chi connectivity index (χ4v) is 3.40. The van der Waals surface area contributed by atoms with Gasteiger partial charge in [0.05, 0.1) is 0 Å². The molecule has 0 aliphatic rings. The molecule has 0 N–H and O–H groups in total. The molecule has 0 atom stereocenters. The Morgan fingerprint density at radius 1 is 0.710 bits per heavy atom. The molecule has 4 rings (SSSR count). The highest BCUT2D eigenvalue weighted by Crippen LogP contribution is 2.30. The molecule has 0 aliphatic heterocycles. The Balaban J connectivity index is 1.57. The van der Waals surface area contributed by atoms with Crippen molar-refractivity contribution in [2.45, 2.75) is 6.36 Å². The highest BCUT2D eigenvalue weighted by molar-refractivity contribution is 6.06. The van der Waals surface area contributed by atoms with Crippen LogP contribution < -0.4 is 4.74 Å². The van der Waals surface area contributed by atoms with Crippen molar-refractivity contribution < 1.29 is 22.7 Å². The summed E-state index contributed by atoms with van der Waals surface area (Å²) in [5.41, 5.74) is 4.31. The summed E-state index contributed by atoms with van der Waals surface area (Å²) in [6, 6.07) is 25.1. The molecular formula is C26H17F3O2. The third kappa shape index (κ3) is 4.67. The second-order valence-corrected chi connectivity index (χ2v) is 6.99. The number of carbonyl (C=O) groups is 1. The first-order chi connectivity index (χ1) is 14.8. The number of fused-ring (bicyclic) bond motifs is 1. The van der Waals surface area contributed by atoms with E-state index in [2.05, 4.69) is 17.4 Å². The van der Waals surface area contributed by atoms with Gasteiger partial charge in [0, 0.05) is 5.56 Å². The van der Waals surface area contributed by atoms with Gasteiger partial charge in [-0.3, -0.25) is 4.79 Å². The highest BCUT2D eigenvalue weighted by atomic mass is 19.4. The van der Waals surface area contributed by atoms with Crippen LogP contribution in [0.5, 0.6) is 5.75 Å². The van der Waals surface area contributed by atoms with Gasteiger partial charge in [-0.25, -0.2) is 0 Å². The van der Waals surface area contributed by atoms with Gasteiger partial charge in [-0.15, -0.1) is 13.2 Å². The number of ketones is 1. The second-order valence-electron chi connectivity index (χ2n) is 6.99. The smallest absolute Gasteiger partial charge is 0.406 e. The van der Waals surface area contributed by atoms with E-state index in [9.17, 15) is 18.0 Å². The van der Waals surface area contributed by atoms with Gasteiger partial charge in [-0.05, 0) is 63.4 Å². The molecule has 154 valence electrons. The van der Waals surface area contributed by atoms with Crippen LogP contribution >= 0.6 is 0 Å². The predicted molar refractivity (Wildman–Crippen MR) is 116 cm³/mol. The molecule has 0 radical (unpaired) electrons. The molecule has 0 aromatic heterocycles. The zero-order chi connectivity index (χ0) is 22.0. The van der Waals surface area contributed by atoms with Gasteiger partial charge < -0.3 is 4.74 Å². The maximum absolute atomic E-state index is 12.3. The minimum Gasteiger partial charge on any atom is -0.406 e. The molecule has 0 bridgehead atoms. The van der Waals surface area contributed by atoms with E-state index in [-0.39, 0.29) is 11.5 Å². The summed E-state index contributed by atoms with van der Waals surface area (Å²) in [5.74, 6) is -0.360. The number of hydrogen-bond donors (Lipinski definition) is 0. The van der Waals surface area contributed by atoms with Crippen molar-refractivity contribution in [3.63, 3.8) is 0 Å². The number of alkyl halides is 3. The van der Waals surface area contributed by atoms with Crippen molar-refractivity contribution in [1.82, 2.24) is 0 Å². The first-order valence-electron chi connectivity index (χ1n) is 9.50. The van der Waals surface area contributed by atoms with E-state index < -0.39 is 6.36 Å². The van der Waals surface area contributed by atoms with Crippen LogP contribution in [0.2, 0.25) is 0 Å². The van der Waals surface area contributed by atoms with Crippen LogP contribution in [-0.4, -0.2) is 12.1 Å². The van der Waals surface area contributed by atoms with Gasteiger partial charge in [0.2, 0.25) is 0 Å². The first kappa shape index (κ1) is 20.4. The molecule has 5 heteroatoms. The summed E-state index contributed by atoms with van der Waals surface area (Å²) in [5, 5.41) is 1.98. The molecule has 0 aliphatic carbocycles. The number of hydrogen-bond acceptors (Lipinski definition) is 2. The lowest BCUT2D eigenvalue weighted by Crippen LogP contribution is -2.16. The van der Waals surface area contributed by atoms with Crippen molar-refractivity contribution in [2.75, 3.05) is 0 Å². The van der Waals surface area contributed by atoms with Gasteiger partial charge in [-0.1, -0.05) is 67.2 Å². The number of ether oxygens (including phenoxy) is 1. The van der Waals surface area contributed by atoms with Crippen LogP contribution in [0.3, 0.4) is 0 Å². The zero-order valence-corrected chi connectivity index (χ0v) is 16.3. The third-order valence-electron chi connectivity index (χ3n) is 4.95. The van der Waals surface area contributed by atoms with Gasteiger partial charge in [0.25, 0.3) is 0 Å². The summed E-state index contributed by atoms with van der Waals surface area (Å²) in [7, 11) is 0. The topological polar surface area (TPSA) is 26.3 Å². The summed E-state index contributed by atoms with van der Waals surface area (Å²) >= 11 is 0. The van der Waals surface area contributed by atoms with E-state index in [1.807, 2.05) is 48.5 Å². The Labute approximate surface area is 177 Å². The number of allylic oxidation sites excluding steroid dienone is 1. The predicted octanol–water partition coefficient (Wildman–Crippen LogP) is 7.44. The first-order valence-corrected chi connectivity index (χ1v) is 9.50. The summed E-state index contributed by atoms with van der Waals surface area (Å²) in [6.07, 6.45) is -3.40. The average molecular weight is 418 g/mol. The normalized spacial score (nSPS) is 11.3. The molecule has 0 fully saturated rings. The lowest BCUT2D eigenvalue weighted by Gasteiger charge is -2.10. The molecule has 0 amide bonds. The number of halogens is 3. The summed E-state index contributed by atoms with van der Waals surface area (Å²) < 4.78 is 40.8. The second kappa shape index (κ2) is 8.11. The molecule has 2 nitrogen and oxygen atoms in total. The molecular weight excluding hydrogens is 401 g/mol. The minimum absolute atomic E-state index is 0.112. The fourth-order valence-electron chi connectivity index (χ4n) is 3.40. The number of rotatable bonds is 5. The van der Waals surface area contributed by atoms with Crippen LogP contribution in [0.4, 0.5) is 13.2 Å². The van der Waals surface area contributed by atoms with Crippen LogP contribution in [0, 0.1) is 0 Å². The molecule has 0 spiro atoms. The molecule has 0 saturated heterocycles. The Morgan fingerprint density at radius 2 is 1.19 bits per heavy atom. The van der Waals surface area contributed by atoms with Crippen molar-refractivity contribution in [3.8, 4) is 28.0 Å². The lowest BCUT2D eigenvalue weighted by atomic mass is 9.97. The van der Waals surface area contributed by atoms with E-state index in [1.165, 1.54) is 18.2 Å². The van der Waals surface area contributed by atoms with E-state index in [1.54, 1.807) is 18.2 Å². The van der Waals surface area contributed by atoms with Crippen molar-refractivity contribution in [1.29, 1.82) is 0 Å². The largest absolute Gasteiger partial charge is 0.573 e. The van der Waals surface area contributed by atoms with Gasteiger partial charge in [0.15, 0.2) is 5.78 Å². The molecule has 4 aromatic carbocycles. The van der Waals surface area contributed by atoms with E-state index in [0.29, 0.717) is 5.56 Å². The standard InChI is InChI=1S/C26H17F3O2/c1-2-25(30)23-10-9-21-15-20(7-8-22(21)16-23)19-5-3-17(4-6-19)18-11-13-24(14-12-18)31-26(27,28)29/h2-16H,1H2. The maximum atomic E-state index is 12.3. The summed E-state index contributed by atoms with van der Waals surface area (Å²) in [4.78, 5) is 11.8. The molecule has 0 heterocycles. The molecule has 0 unspecified atom stereocenters. The highest BCUT2D eigenvalue weighted by Gasteiger charge is 2.30. The lowest BCUT2D eigenvalue weighted by molar-refractivity contribution is -0.274. The van der Waals surface area contributed by atoms with Gasteiger partial charge >= 0.3 is 6.36 Å². The number of carbonyl (C=O) groups excluding carboxylic acids is 1. The Bertz CT molecular complexity index is 1250. The summed E-state index contributed by atoms with van der Waals surface area (Å²) in [6.45, 7) is 3.52. The average Bonchev–Trinajstić information content (AvgIpc) is 2.77. The van der Waals surface area contributed by atoms with Crippen LogP contribution in [0.1, 0.15) is 10.4 Å².